The summed E-state index contributed by atoms with van der Waals surface area (Å²) in [4.78, 5) is 33.7. The zero-order valence-corrected chi connectivity index (χ0v) is 8.54. The second-order valence-electron chi connectivity index (χ2n) is 3.62. The summed E-state index contributed by atoms with van der Waals surface area (Å²) in [7, 11) is 1.08. The van der Waals surface area contributed by atoms with E-state index in [9.17, 15) is 14.4 Å². The van der Waals surface area contributed by atoms with Gasteiger partial charge in [-0.2, -0.15) is 0 Å². The van der Waals surface area contributed by atoms with Crippen LogP contribution < -0.4 is 5.73 Å². The number of carbonyl (C=O) groups excluding carboxylic acids is 1. The molecule has 8 nitrogen and oxygen atoms in total. The monoisotopic (exact) mass is 232 g/mol. The van der Waals surface area contributed by atoms with Crippen LogP contribution in [-0.2, 0) is 14.3 Å². The quantitative estimate of drug-likeness (QED) is 0.539. The number of amides is 1. The predicted octanol–water partition coefficient (Wildman–Crippen LogP) is -1.31. The predicted molar refractivity (Wildman–Crippen MR) is 49.7 cm³/mol. The topological polar surface area (TPSA) is 130 Å². The third kappa shape index (κ3) is 1.91. The molecule has 1 saturated heterocycles. The molecule has 1 aliphatic rings. The number of rotatable bonds is 2. The third-order valence-electron chi connectivity index (χ3n) is 2.51. The van der Waals surface area contributed by atoms with E-state index in [4.69, 9.17) is 15.9 Å². The molecule has 2 atom stereocenters. The van der Waals surface area contributed by atoms with Crippen LogP contribution in [0.4, 0.5) is 4.79 Å². The Labute approximate surface area is 90.6 Å². The number of likely N-dealkylation sites (tertiary alicyclic amines) is 1. The lowest BCUT2D eigenvalue weighted by atomic mass is 9.98. The van der Waals surface area contributed by atoms with Gasteiger partial charge in [0, 0.05) is 6.42 Å². The highest BCUT2D eigenvalue weighted by Gasteiger charge is 2.51. The maximum atomic E-state index is 11.2. The van der Waals surface area contributed by atoms with E-state index in [1.54, 1.807) is 0 Å². The Morgan fingerprint density at radius 2 is 2.00 bits per heavy atom. The first kappa shape index (κ1) is 12.2. The summed E-state index contributed by atoms with van der Waals surface area (Å²) in [6.07, 6.45) is -1.24. The standard InChI is InChI=1S/C8H12N2O6/c1-16-7(15)10-3-8(9,6(13)14)2-4(10)5(11)12/h4H,2-3,9H2,1H3,(H,11,12)(H,13,14)/t4-,8+/m0/s1. The van der Waals surface area contributed by atoms with E-state index in [0.29, 0.717) is 0 Å². The van der Waals surface area contributed by atoms with Crippen molar-refractivity contribution in [3.05, 3.63) is 0 Å². The number of carbonyl (C=O) groups is 3. The summed E-state index contributed by atoms with van der Waals surface area (Å²) in [5, 5.41) is 17.7. The Bertz CT molecular complexity index is 343. The number of ether oxygens (including phenoxy) is 1. The number of aliphatic carboxylic acids is 2. The summed E-state index contributed by atoms with van der Waals surface area (Å²) in [5.74, 6) is -2.65. The van der Waals surface area contributed by atoms with Crippen molar-refractivity contribution in [3.8, 4) is 0 Å². The maximum absolute atomic E-state index is 11.2. The van der Waals surface area contributed by atoms with Crippen LogP contribution in [0.25, 0.3) is 0 Å². The van der Waals surface area contributed by atoms with E-state index in [0.717, 1.165) is 12.0 Å². The molecule has 0 aromatic heterocycles. The van der Waals surface area contributed by atoms with Crippen LogP contribution in [0.2, 0.25) is 0 Å². The van der Waals surface area contributed by atoms with E-state index in [2.05, 4.69) is 4.74 Å². The Hall–Kier alpha value is -1.83. The number of nitrogens with two attached hydrogens (primary N) is 1. The zero-order chi connectivity index (χ0) is 12.5. The Morgan fingerprint density at radius 3 is 2.38 bits per heavy atom. The molecule has 0 aromatic rings. The minimum Gasteiger partial charge on any atom is -0.480 e. The molecule has 1 heterocycles. The minimum atomic E-state index is -1.74. The molecule has 8 heteroatoms. The van der Waals surface area contributed by atoms with Gasteiger partial charge in [0.25, 0.3) is 0 Å². The highest BCUT2D eigenvalue weighted by molar-refractivity contribution is 5.87. The molecule has 0 spiro atoms. The summed E-state index contributed by atoms with van der Waals surface area (Å²) in [6, 6.07) is -1.27. The molecular formula is C8H12N2O6. The molecule has 1 aliphatic heterocycles. The lowest BCUT2D eigenvalue weighted by Gasteiger charge is -2.20. The average Bonchev–Trinajstić information content (AvgIpc) is 2.57. The van der Waals surface area contributed by atoms with E-state index in [1.165, 1.54) is 0 Å². The van der Waals surface area contributed by atoms with Crippen molar-refractivity contribution in [2.75, 3.05) is 13.7 Å². The first-order chi connectivity index (χ1) is 7.31. The number of carboxylic acid groups (broad SMARTS) is 2. The fourth-order valence-electron chi connectivity index (χ4n) is 1.62. The number of carboxylic acids is 2. The van der Waals surface area contributed by atoms with Crippen LogP contribution in [-0.4, -0.2) is 58.4 Å². The first-order valence-electron chi connectivity index (χ1n) is 4.41. The maximum Gasteiger partial charge on any atom is 0.410 e. The molecule has 0 aromatic carbocycles. The zero-order valence-electron chi connectivity index (χ0n) is 8.54. The van der Waals surface area contributed by atoms with Gasteiger partial charge in [-0.25, -0.2) is 9.59 Å². The average molecular weight is 232 g/mol. The van der Waals surface area contributed by atoms with Gasteiger partial charge in [-0.05, 0) is 0 Å². The van der Waals surface area contributed by atoms with Gasteiger partial charge in [0.05, 0.1) is 13.7 Å². The molecule has 0 radical (unpaired) electrons. The highest BCUT2D eigenvalue weighted by atomic mass is 16.5. The Morgan fingerprint density at radius 1 is 1.44 bits per heavy atom. The lowest BCUT2D eigenvalue weighted by molar-refractivity contribution is -0.142. The van der Waals surface area contributed by atoms with Gasteiger partial charge in [0.2, 0.25) is 0 Å². The van der Waals surface area contributed by atoms with Gasteiger partial charge in [-0.1, -0.05) is 0 Å². The van der Waals surface area contributed by atoms with Gasteiger partial charge >= 0.3 is 18.0 Å². The van der Waals surface area contributed by atoms with Crippen molar-refractivity contribution in [2.45, 2.75) is 18.0 Å². The fraction of sp³-hybridized carbons (Fsp3) is 0.625. The van der Waals surface area contributed by atoms with Crippen LogP contribution >= 0.6 is 0 Å². The van der Waals surface area contributed by atoms with Gasteiger partial charge in [-0.3, -0.25) is 9.69 Å². The normalized spacial score (nSPS) is 28.9. The molecule has 1 rings (SSSR count). The molecule has 90 valence electrons. The Balaban J connectivity index is 2.97. The van der Waals surface area contributed by atoms with Crippen LogP contribution in [0.15, 0.2) is 0 Å². The molecule has 0 saturated carbocycles. The van der Waals surface area contributed by atoms with Gasteiger partial charge in [0.15, 0.2) is 0 Å². The number of nitrogens with zero attached hydrogens (tertiary/aromatic N) is 1. The molecule has 1 amide bonds. The second kappa shape index (κ2) is 3.97. The highest BCUT2D eigenvalue weighted by Crippen LogP contribution is 2.26. The smallest absolute Gasteiger partial charge is 0.410 e. The summed E-state index contributed by atoms with van der Waals surface area (Å²) in [6.45, 7) is -0.383. The first-order valence-corrected chi connectivity index (χ1v) is 4.41. The van der Waals surface area contributed by atoms with Crippen LogP contribution in [0, 0.1) is 0 Å². The van der Waals surface area contributed by atoms with Crippen molar-refractivity contribution in [1.29, 1.82) is 0 Å². The molecule has 4 N–H and O–H groups in total. The van der Waals surface area contributed by atoms with Crippen molar-refractivity contribution < 1.29 is 29.3 Å². The summed E-state index contributed by atoms with van der Waals surface area (Å²) >= 11 is 0. The van der Waals surface area contributed by atoms with Gasteiger partial charge in [-0.15, -0.1) is 0 Å². The van der Waals surface area contributed by atoms with E-state index >= 15 is 0 Å². The lowest BCUT2D eigenvalue weighted by Crippen LogP contribution is -2.50. The molecule has 0 bridgehead atoms. The number of hydrogen-bond donors (Lipinski definition) is 3. The summed E-state index contributed by atoms with van der Waals surface area (Å²) < 4.78 is 4.36. The number of hydrogen-bond acceptors (Lipinski definition) is 5. The van der Waals surface area contributed by atoms with Crippen LogP contribution in [0.1, 0.15) is 6.42 Å². The van der Waals surface area contributed by atoms with E-state index in [1.807, 2.05) is 0 Å². The molecule has 0 aliphatic carbocycles. The van der Waals surface area contributed by atoms with Crippen LogP contribution in [0.5, 0.6) is 0 Å². The second-order valence-corrected chi connectivity index (χ2v) is 3.62. The molecule has 1 fully saturated rings. The summed E-state index contributed by atoms with van der Waals surface area (Å²) in [5.41, 5.74) is 3.76. The van der Waals surface area contributed by atoms with Gasteiger partial charge < -0.3 is 20.7 Å². The number of methoxy groups -OCH3 is 1. The van der Waals surface area contributed by atoms with Crippen molar-refractivity contribution in [1.82, 2.24) is 4.90 Å². The minimum absolute atomic E-state index is 0.341. The van der Waals surface area contributed by atoms with Crippen molar-refractivity contribution in [3.63, 3.8) is 0 Å². The molecular weight excluding hydrogens is 220 g/mol. The van der Waals surface area contributed by atoms with Crippen LogP contribution in [0.3, 0.4) is 0 Å². The largest absolute Gasteiger partial charge is 0.480 e. The van der Waals surface area contributed by atoms with Crippen molar-refractivity contribution in [2.24, 2.45) is 5.73 Å². The van der Waals surface area contributed by atoms with Crippen molar-refractivity contribution >= 4 is 18.0 Å². The third-order valence-corrected chi connectivity index (χ3v) is 2.51. The Kier molecular flexibility index (Phi) is 3.04. The molecule has 0 unspecified atom stereocenters. The van der Waals surface area contributed by atoms with E-state index < -0.39 is 29.6 Å². The fourth-order valence-corrected chi connectivity index (χ4v) is 1.62. The van der Waals surface area contributed by atoms with E-state index in [-0.39, 0.29) is 13.0 Å². The SMILES string of the molecule is COC(=O)N1C[C@@](N)(C(=O)O)C[C@H]1C(=O)O. The molecule has 16 heavy (non-hydrogen) atoms. The van der Waals surface area contributed by atoms with Gasteiger partial charge in [0.1, 0.15) is 11.6 Å².